The summed E-state index contributed by atoms with van der Waals surface area (Å²) in [6.45, 7) is 4.90. The van der Waals surface area contributed by atoms with Gasteiger partial charge in [0.25, 0.3) is 0 Å². The Labute approximate surface area is 97.1 Å². The lowest BCUT2D eigenvalue weighted by molar-refractivity contribution is -0.144. The summed E-state index contributed by atoms with van der Waals surface area (Å²) in [5.41, 5.74) is 5.58. The molecule has 2 rings (SSSR count). The minimum absolute atomic E-state index is 0.0402. The van der Waals surface area contributed by atoms with Crippen molar-refractivity contribution in [3.8, 4) is 0 Å². The molecule has 2 aliphatic heterocycles. The van der Waals surface area contributed by atoms with E-state index in [1.165, 1.54) is 6.42 Å². The number of nitrogens with zero attached hydrogens (tertiary/aromatic N) is 1. The first-order chi connectivity index (χ1) is 7.74. The van der Waals surface area contributed by atoms with E-state index >= 15 is 0 Å². The van der Waals surface area contributed by atoms with Crippen molar-refractivity contribution in [3.63, 3.8) is 0 Å². The maximum Gasteiger partial charge on any atom is 0.226 e. The summed E-state index contributed by atoms with van der Waals surface area (Å²) in [5.74, 6) is 0.747. The highest BCUT2D eigenvalue weighted by Crippen LogP contribution is 2.30. The number of nitrogens with two attached hydrogens (primary N) is 1. The molecule has 0 aromatic carbocycles. The van der Waals surface area contributed by atoms with Gasteiger partial charge in [-0.25, -0.2) is 0 Å². The molecule has 3 unspecified atom stereocenters. The molecule has 0 saturated carbocycles. The van der Waals surface area contributed by atoms with Gasteiger partial charge in [0.2, 0.25) is 5.91 Å². The van der Waals surface area contributed by atoms with Crippen LogP contribution >= 0.6 is 0 Å². The van der Waals surface area contributed by atoms with Crippen LogP contribution in [0, 0.1) is 11.8 Å². The van der Waals surface area contributed by atoms with E-state index in [0.717, 1.165) is 32.6 Å². The van der Waals surface area contributed by atoms with Crippen molar-refractivity contribution in [1.29, 1.82) is 0 Å². The Morgan fingerprint density at radius 2 is 2.38 bits per heavy atom. The molecule has 2 heterocycles. The van der Waals surface area contributed by atoms with Crippen molar-refractivity contribution in [3.05, 3.63) is 0 Å². The lowest BCUT2D eigenvalue weighted by Crippen LogP contribution is -2.54. The number of ether oxygens (including phenoxy) is 1. The molecule has 0 spiro atoms. The summed E-state index contributed by atoms with van der Waals surface area (Å²) < 4.78 is 5.49. The highest BCUT2D eigenvalue weighted by atomic mass is 16.5. The number of piperidine rings is 1. The van der Waals surface area contributed by atoms with Gasteiger partial charge in [-0.05, 0) is 19.3 Å². The number of likely N-dealkylation sites (tertiary alicyclic amines) is 1. The van der Waals surface area contributed by atoms with Crippen LogP contribution in [-0.4, -0.2) is 43.2 Å². The van der Waals surface area contributed by atoms with E-state index in [0.29, 0.717) is 18.5 Å². The molecule has 2 N–H and O–H groups in total. The average molecular weight is 226 g/mol. The second-order valence-electron chi connectivity index (χ2n) is 5.00. The van der Waals surface area contributed by atoms with Crippen LogP contribution in [0.25, 0.3) is 0 Å². The van der Waals surface area contributed by atoms with Crippen molar-refractivity contribution in [2.45, 2.75) is 32.2 Å². The van der Waals surface area contributed by atoms with Gasteiger partial charge in [0.05, 0.1) is 6.61 Å². The zero-order valence-corrected chi connectivity index (χ0v) is 10.0. The van der Waals surface area contributed by atoms with E-state index in [-0.39, 0.29) is 11.8 Å². The Bertz CT molecular complexity index is 255. The number of carbonyl (C=O) groups is 1. The maximum absolute atomic E-state index is 12.2. The van der Waals surface area contributed by atoms with Crippen molar-refractivity contribution >= 4 is 5.91 Å². The molecular formula is C12H22N2O2. The highest BCUT2D eigenvalue weighted by Gasteiger charge is 2.37. The van der Waals surface area contributed by atoms with Gasteiger partial charge in [0.1, 0.15) is 0 Å². The monoisotopic (exact) mass is 226 g/mol. The molecule has 0 bridgehead atoms. The quantitative estimate of drug-likeness (QED) is 0.750. The van der Waals surface area contributed by atoms with E-state index in [2.05, 4.69) is 4.90 Å². The van der Waals surface area contributed by atoms with E-state index in [1.54, 1.807) is 0 Å². The molecule has 2 saturated heterocycles. The zero-order valence-electron chi connectivity index (χ0n) is 10.0. The smallest absolute Gasteiger partial charge is 0.226 e. The summed E-state index contributed by atoms with van der Waals surface area (Å²) >= 11 is 0. The van der Waals surface area contributed by atoms with Crippen LogP contribution in [0.4, 0.5) is 0 Å². The maximum atomic E-state index is 12.2. The van der Waals surface area contributed by atoms with Crippen LogP contribution in [-0.2, 0) is 9.53 Å². The summed E-state index contributed by atoms with van der Waals surface area (Å²) in [4.78, 5) is 14.3. The van der Waals surface area contributed by atoms with E-state index < -0.39 is 0 Å². The Hall–Kier alpha value is -0.610. The van der Waals surface area contributed by atoms with Gasteiger partial charge in [-0.3, -0.25) is 4.79 Å². The van der Waals surface area contributed by atoms with E-state index in [4.69, 9.17) is 10.5 Å². The zero-order chi connectivity index (χ0) is 11.5. The molecule has 0 aromatic heterocycles. The van der Waals surface area contributed by atoms with Crippen LogP contribution in [0.2, 0.25) is 0 Å². The normalized spacial score (nSPS) is 32.0. The Balaban J connectivity index is 2.04. The molecule has 1 amide bonds. The van der Waals surface area contributed by atoms with Gasteiger partial charge < -0.3 is 15.4 Å². The van der Waals surface area contributed by atoms with Crippen LogP contribution in [0.15, 0.2) is 0 Å². The Morgan fingerprint density at radius 3 is 3.12 bits per heavy atom. The molecule has 0 radical (unpaired) electrons. The lowest BCUT2D eigenvalue weighted by atomic mass is 9.85. The number of fused-ring (bicyclic) bond motifs is 1. The number of carbonyl (C=O) groups excluding carboxylic acids is 1. The van der Waals surface area contributed by atoms with Gasteiger partial charge >= 0.3 is 0 Å². The lowest BCUT2D eigenvalue weighted by Gasteiger charge is -2.44. The van der Waals surface area contributed by atoms with E-state index in [1.807, 2.05) is 6.92 Å². The average Bonchev–Trinajstić information content (AvgIpc) is 2.36. The number of amides is 1. The van der Waals surface area contributed by atoms with Gasteiger partial charge in [-0.1, -0.05) is 6.92 Å². The largest absolute Gasteiger partial charge is 0.381 e. The Kier molecular flexibility index (Phi) is 3.82. The van der Waals surface area contributed by atoms with Crippen LogP contribution < -0.4 is 5.73 Å². The molecule has 0 aliphatic carbocycles. The van der Waals surface area contributed by atoms with E-state index in [9.17, 15) is 4.79 Å². The predicted molar refractivity (Wildman–Crippen MR) is 61.9 cm³/mol. The van der Waals surface area contributed by atoms with Crippen LogP contribution in [0.5, 0.6) is 0 Å². The summed E-state index contributed by atoms with van der Waals surface area (Å²) in [6.07, 6.45) is 3.30. The van der Waals surface area contributed by atoms with Gasteiger partial charge in [0.15, 0.2) is 0 Å². The molecule has 16 heavy (non-hydrogen) atoms. The summed E-state index contributed by atoms with van der Waals surface area (Å²) in [6, 6.07) is 0.406. The third kappa shape index (κ3) is 2.23. The Morgan fingerprint density at radius 1 is 1.56 bits per heavy atom. The number of hydrogen-bond donors (Lipinski definition) is 1. The standard InChI is InChI=1S/C12H22N2O2/c1-9(7-13)12(15)14-5-2-3-10-8-16-6-4-11(10)14/h9-11H,2-8,13H2,1H3. The molecule has 4 heteroatoms. The molecule has 0 aromatic rings. The predicted octanol–water partition coefficient (Wildman–Crippen LogP) is 0.609. The second-order valence-corrected chi connectivity index (χ2v) is 5.00. The minimum atomic E-state index is -0.0402. The highest BCUT2D eigenvalue weighted by molar-refractivity contribution is 5.79. The molecular weight excluding hydrogens is 204 g/mol. The molecule has 92 valence electrons. The number of rotatable bonds is 2. The van der Waals surface area contributed by atoms with Crippen molar-refractivity contribution in [2.24, 2.45) is 17.6 Å². The fourth-order valence-corrected chi connectivity index (χ4v) is 2.82. The molecule has 4 nitrogen and oxygen atoms in total. The van der Waals surface area contributed by atoms with Crippen molar-refractivity contribution in [2.75, 3.05) is 26.3 Å². The topological polar surface area (TPSA) is 55.6 Å². The van der Waals surface area contributed by atoms with Gasteiger partial charge in [0, 0.05) is 37.6 Å². The fraction of sp³-hybridized carbons (Fsp3) is 0.917. The van der Waals surface area contributed by atoms with Gasteiger partial charge in [-0.2, -0.15) is 0 Å². The molecule has 2 fully saturated rings. The SMILES string of the molecule is CC(CN)C(=O)N1CCCC2COCCC21. The van der Waals surface area contributed by atoms with Crippen molar-refractivity contribution < 1.29 is 9.53 Å². The van der Waals surface area contributed by atoms with Crippen molar-refractivity contribution in [1.82, 2.24) is 4.90 Å². The third-order valence-corrected chi connectivity index (χ3v) is 3.87. The first-order valence-corrected chi connectivity index (χ1v) is 6.32. The molecule has 3 atom stereocenters. The second kappa shape index (κ2) is 5.15. The summed E-state index contributed by atoms with van der Waals surface area (Å²) in [7, 11) is 0. The molecule has 2 aliphatic rings. The minimum Gasteiger partial charge on any atom is -0.381 e. The summed E-state index contributed by atoms with van der Waals surface area (Å²) in [5, 5.41) is 0. The van der Waals surface area contributed by atoms with Gasteiger partial charge in [-0.15, -0.1) is 0 Å². The first-order valence-electron chi connectivity index (χ1n) is 6.32. The van der Waals surface area contributed by atoms with Crippen LogP contribution in [0.1, 0.15) is 26.2 Å². The fourth-order valence-electron chi connectivity index (χ4n) is 2.82. The number of hydrogen-bond acceptors (Lipinski definition) is 3. The first kappa shape index (κ1) is 11.9. The third-order valence-electron chi connectivity index (χ3n) is 3.87. The van der Waals surface area contributed by atoms with Crippen LogP contribution in [0.3, 0.4) is 0 Å².